The number of nitrogens with one attached hydrogen (secondary N) is 1. The summed E-state index contributed by atoms with van der Waals surface area (Å²) in [5.41, 5.74) is 11.4. The van der Waals surface area contributed by atoms with Crippen molar-refractivity contribution in [3.8, 4) is 0 Å². The highest BCUT2D eigenvalue weighted by Gasteiger charge is 2.50. The molecule has 38 heavy (non-hydrogen) atoms. The Balaban J connectivity index is 1.75. The van der Waals surface area contributed by atoms with Crippen molar-refractivity contribution in [3.63, 3.8) is 0 Å². The number of fused-ring (bicyclic) bond motifs is 2. The normalized spacial score (nSPS) is 22.4. The number of rotatable bonds is 12. The maximum Gasteiger partial charge on any atom is 0.258 e. The number of carbonyl (C=O) groups excluding carboxylic acids is 2. The van der Waals surface area contributed by atoms with Crippen LogP contribution >= 0.6 is 0 Å². The van der Waals surface area contributed by atoms with Gasteiger partial charge in [-0.1, -0.05) is 55.6 Å². The molecule has 1 aliphatic heterocycles. The largest absolute Gasteiger partial charge is 0.385 e. The van der Waals surface area contributed by atoms with E-state index in [9.17, 15) is 9.59 Å². The second-order valence-electron chi connectivity index (χ2n) is 10.5. The van der Waals surface area contributed by atoms with E-state index in [0.717, 1.165) is 57.1 Å². The summed E-state index contributed by atoms with van der Waals surface area (Å²) in [5.74, 6) is -0.0276. The summed E-state index contributed by atoms with van der Waals surface area (Å²) in [4.78, 5) is 33.0. The Labute approximate surface area is 225 Å². The fraction of sp³-hybridized carbons (Fsp3) is 0.533. The van der Waals surface area contributed by atoms with Gasteiger partial charge in [0.15, 0.2) is 5.78 Å². The van der Waals surface area contributed by atoms with Gasteiger partial charge in [-0.05, 0) is 73.5 Å². The Morgan fingerprint density at radius 3 is 2.71 bits per heavy atom. The average Bonchev–Trinajstić information content (AvgIpc) is 2.94. The van der Waals surface area contributed by atoms with Gasteiger partial charge >= 0.3 is 0 Å². The zero-order valence-electron chi connectivity index (χ0n) is 22.5. The Bertz CT molecular complexity index is 1150. The molecule has 1 saturated carbocycles. The number of carbonyl (C=O) groups is 2. The standard InChI is InChI=1S/C30H39N5O3/c1-3-4-6-12-23-18-24(32-15-9-16-38-2)19-27-28(23)29(36)25-17-21(20-33-34-31)13-14-26(25)35(27)30(37)22-10-7-5-8-11-22/h5,7-8,10-11,13-14,17,23-24,27-28,32H,3-4,6,9,12,15-16,18-20H2,1-2H3/t23-,24-,27+,28-/m0/s1. The zero-order chi connectivity index (χ0) is 26.9. The van der Waals surface area contributed by atoms with E-state index in [1.54, 1.807) is 7.11 Å². The highest BCUT2D eigenvalue weighted by molar-refractivity contribution is 6.15. The number of nitrogens with zero attached hydrogens (tertiary/aromatic N) is 4. The van der Waals surface area contributed by atoms with Gasteiger partial charge in [0.1, 0.15) is 0 Å². The highest BCUT2D eigenvalue weighted by atomic mass is 16.5. The topological polar surface area (TPSA) is 107 Å². The summed E-state index contributed by atoms with van der Waals surface area (Å²) in [6.45, 7) is 3.91. The van der Waals surface area contributed by atoms with Gasteiger partial charge in [0.2, 0.25) is 0 Å². The Morgan fingerprint density at radius 2 is 1.97 bits per heavy atom. The van der Waals surface area contributed by atoms with E-state index in [2.05, 4.69) is 22.3 Å². The minimum absolute atomic E-state index is 0.0792. The van der Waals surface area contributed by atoms with Gasteiger partial charge in [-0.3, -0.25) is 9.59 Å². The van der Waals surface area contributed by atoms with Gasteiger partial charge < -0.3 is 15.0 Å². The Morgan fingerprint density at radius 1 is 1.16 bits per heavy atom. The number of hydrogen-bond donors (Lipinski definition) is 1. The number of azide groups is 1. The molecule has 2 aliphatic rings. The van der Waals surface area contributed by atoms with E-state index in [0.29, 0.717) is 23.4 Å². The van der Waals surface area contributed by atoms with Crippen molar-refractivity contribution in [2.24, 2.45) is 17.0 Å². The van der Waals surface area contributed by atoms with E-state index < -0.39 is 0 Å². The highest BCUT2D eigenvalue weighted by Crippen LogP contribution is 2.46. The first-order valence-electron chi connectivity index (χ1n) is 13.9. The van der Waals surface area contributed by atoms with Crippen molar-refractivity contribution in [2.45, 2.75) is 70.5 Å². The van der Waals surface area contributed by atoms with Crippen LogP contribution in [-0.4, -0.2) is 44.0 Å². The van der Waals surface area contributed by atoms with E-state index in [4.69, 9.17) is 10.3 Å². The number of hydrogen-bond acceptors (Lipinski definition) is 5. The summed E-state index contributed by atoms with van der Waals surface area (Å²) < 4.78 is 5.22. The molecule has 0 unspecified atom stereocenters. The lowest BCUT2D eigenvalue weighted by atomic mass is 9.66. The number of Topliss-reactive ketones (excluding diaryl/α,β-unsaturated/α-hetero) is 1. The third kappa shape index (κ3) is 6.26. The third-order valence-electron chi connectivity index (χ3n) is 7.95. The van der Waals surface area contributed by atoms with Crippen LogP contribution in [0.1, 0.15) is 78.1 Å². The molecule has 2 aromatic carbocycles. The molecule has 1 heterocycles. The Kier molecular flexibility index (Phi) is 9.93. The van der Waals surface area contributed by atoms with Crippen molar-refractivity contribution in [3.05, 3.63) is 75.7 Å². The van der Waals surface area contributed by atoms with Crippen LogP contribution < -0.4 is 10.2 Å². The number of ketones is 1. The second kappa shape index (κ2) is 13.6. The van der Waals surface area contributed by atoms with E-state index >= 15 is 0 Å². The van der Waals surface area contributed by atoms with E-state index in [1.807, 2.05) is 53.4 Å². The van der Waals surface area contributed by atoms with Crippen molar-refractivity contribution >= 4 is 17.4 Å². The van der Waals surface area contributed by atoms with Crippen LogP contribution in [0.3, 0.4) is 0 Å². The number of benzene rings is 2. The molecule has 202 valence electrons. The maximum absolute atomic E-state index is 14.2. The molecule has 0 aromatic heterocycles. The lowest BCUT2D eigenvalue weighted by molar-refractivity contribution is 0.0693. The van der Waals surface area contributed by atoms with Gasteiger partial charge in [0.25, 0.3) is 5.91 Å². The van der Waals surface area contributed by atoms with Crippen LogP contribution in [0, 0.1) is 11.8 Å². The van der Waals surface area contributed by atoms with Crippen molar-refractivity contribution in [1.29, 1.82) is 0 Å². The molecule has 1 N–H and O–H groups in total. The molecule has 0 spiro atoms. The van der Waals surface area contributed by atoms with Crippen LogP contribution in [0.25, 0.3) is 10.4 Å². The van der Waals surface area contributed by atoms with E-state index in [-0.39, 0.29) is 42.2 Å². The molecule has 8 heteroatoms. The lowest BCUT2D eigenvalue weighted by Gasteiger charge is -2.49. The first-order chi connectivity index (χ1) is 18.6. The summed E-state index contributed by atoms with van der Waals surface area (Å²) in [5, 5.41) is 7.39. The van der Waals surface area contributed by atoms with Gasteiger partial charge in [0, 0.05) is 47.8 Å². The molecule has 0 bridgehead atoms. The number of ether oxygens (including phenoxy) is 1. The molecule has 0 saturated heterocycles. The van der Waals surface area contributed by atoms with Crippen LogP contribution in [0.2, 0.25) is 0 Å². The predicted octanol–water partition coefficient (Wildman–Crippen LogP) is 6.31. The van der Waals surface area contributed by atoms with Crippen LogP contribution in [0.5, 0.6) is 0 Å². The van der Waals surface area contributed by atoms with Crippen LogP contribution in [0.15, 0.2) is 53.6 Å². The Hall–Kier alpha value is -3.19. The molecule has 2 aromatic rings. The summed E-state index contributed by atoms with van der Waals surface area (Å²) >= 11 is 0. The molecule has 4 rings (SSSR count). The number of methoxy groups -OCH3 is 1. The minimum atomic E-state index is -0.251. The lowest BCUT2D eigenvalue weighted by Crippen LogP contribution is -2.59. The first kappa shape index (κ1) is 27.8. The van der Waals surface area contributed by atoms with Crippen molar-refractivity contribution in [1.82, 2.24) is 5.32 Å². The average molecular weight is 518 g/mol. The van der Waals surface area contributed by atoms with Gasteiger partial charge in [-0.15, -0.1) is 0 Å². The zero-order valence-corrected chi connectivity index (χ0v) is 22.5. The minimum Gasteiger partial charge on any atom is -0.385 e. The molecule has 1 fully saturated rings. The van der Waals surface area contributed by atoms with Crippen LogP contribution in [0.4, 0.5) is 5.69 Å². The fourth-order valence-electron chi connectivity index (χ4n) is 6.20. The second-order valence-corrected chi connectivity index (χ2v) is 10.5. The van der Waals surface area contributed by atoms with Crippen molar-refractivity contribution in [2.75, 3.05) is 25.2 Å². The monoisotopic (exact) mass is 517 g/mol. The molecule has 1 amide bonds. The number of anilines is 1. The molecular weight excluding hydrogens is 478 g/mol. The van der Waals surface area contributed by atoms with Gasteiger partial charge in [-0.2, -0.15) is 0 Å². The quantitative estimate of drug-likeness (QED) is 0.154. The smallest absolute Gasteiger partial charge is 0.258 e. The van der Waals surface area contributed by atoms with Gasteiger partial charge in [0.05, 0.1) is 12.2 Å². The number of amides is 1. The number of unbranched alkanes of at least 4 members (excludes halogenated alkanes) is 2. The summed E-state index contributed by atoms with van der Waals surface area (Å²) in [6.07, 6.45) is 6.87. The SMILES string of the molecule is CCCCC[C@H]1C[C@H](NCCCOC)C[C@@H]2[C@H]1C(=O)c1cc(CN=[N+]=[N-])ccc1N2C(=O)c1ccccc1. The van der Waals surface area contributed by atoms with E-state index in [1.165, 1.54) is 0 Å². The fourth-order valence-corrected chi connectivity index (χ4v) is 6.20. The predicted molar refractivity (Wildman–Crippen MR) is 149 cm³/mol. The summed E-state index contributed by atoms with van der Waals surface area (Å²) in [6, 6.07) is 14.9. The third-order valence-corrected chi connectivity index (χ3v) is 7.95. The van der Waals surface area contributed by atoms with Crippen LogP contribution in [-0.2, 0) is 11.3 Å². The molecule has 0 radical (unpaired) electrons. The molecule has 8 nitrogen and oxygen atoms in total. The van der Waals surface area contributed by atoms with Gasteiger partial charge in [-0.25, -0.2) is 0 Å². The molecule has 4 atom stereocenters. The van der Waals surface area contributed by atoms with Crippen molar-refractivity contribution < 1.29 is 14.3 Å². The molecule has 1 aliphatic carbocycles. The molecular formula is C30H39N5O3. The first-order valence-corrected chi connectivity index (χ1v) is 13.9. The maximum atomic E-state index is 14.2. The summed E-state index contributed by atoms with van der Waals surface area (Å²) in [7, 11) is 1.71.